The van der Waals surface area contributed by atoms with E-state index >= 15 is 0 Å². The van der Waals surface area contributed by atoms with E-state index in [0.717, 1.165) is 52.1 Å². The molecule has 0 spiro atoms. The van der Waals surface area contributed by atoms with Crippen molar-refractivity contribution < 1.29 is 18.9 Å². The quantitative estimate of drug-likeness (QED) is 0.336. The van der Waals surface area contributed by atoms with Crippen LogP contribution in [0, 0.1) is 0 Å². The summed E-state index contributed by atoms with van der Waals surface area (Å²) in [5.41, 5.74) is 0. The van der Waals surface area contributed by atoms with E-state index in [0.29, 0.717) is 0 Å². The van der Waals surface area contributed by atoms with Crippen molar-refractivity contribution in [2.45, 2.75) is 78.8 Å². The van der Waals surface area contributed by atoms with Crippen LogP contribution in [-0.4, -0.2) is 39.0 Å². The Morgan fingerprint density at radius 1 is 0.500 bits per heavy atom. The van der Waals surface area contributed by atoms with Crippen LogP contribution in [0.2, 0.25) is 0 Å². The summed E-state index contributed by atoms with van der Waals surface area (Å²) >= 11 is 0. The molecule has 0 aliphatic heterocycles. The summed E-state index contributed by atoms with van der Waals surface area (Å²) in [6, 6.07) is 0. The molecule has 0 aromatic carbocycles. The van der Waals surface area contributed by atoms with Gasteiger partial charge in [-0.1, -0.05) is 12.8 Å². The van der Waals surface area contributed by atoms with E-state index in [-0.39, 0.29) is 12.6 Å². The third kappa shape index (κ3) is 11.6. The molecule has 20 heavy (non-hydrogen) atoms. The van der Waals surface area contributed by atoms with Gasteiger partial charge in [-0.3, -0.25) is 0 Å². The Labute approximate surface area is 125 Å². The van der Waals surface area contributed by atoms with Crippen molar-refractivity contribution in [1.82, 2.24) is 0 Å². The van der Waals surface area contributed by atoms with Gasteiger partial charge in [-0.05, 0) is 53.4 Å². The first kappa shape index (κ1) is 19.8. The van der Waals surface area contributed by atoms with Crippen LogP contribution in [0.25, 0.3) is 0 Å². The highest BCUT2D eigenvalue weighted by Crippen LogP contribution is 2.13. The van der Waals surface area contributed by atoms with Gasteiger partial charge in [0.15, 0.2) is 12.6 Å². The zero-order chi connectivity index (χ0) is 15.1. The molecule has 4 heteroatoms. The van der Waals surface area contributed by atoms with Crippen molar-refractivity contribution in [3.8, 4) is 0 Å². The van der Waals surface area contributed by atoms with Gasteiger partial charge in [0.2, 0.25) is 0 Å². The Hall–Kier alpha value is -0.160. The zero-order valence-corrected chi connectivity index (χ0v) is 13.9. The molecule has 0 amide bonds. The molecule has 0 rings (SSSR count). The van der Waals surface area contributed by atoms with E-state index in [9.17, 15) is 0 Å². The molecule has 0 unspecified atom stereocenters. The van der Waals surface area contributed by atoms with E-state index in [1.54, 1.807) is 0 Å². The number of hydrogen-bond donors (Lipinski definition) is 0. The Balaban J connectivity index is 3.53. The lowest BCUT2D eigenvalue weighted by atomic mass is 10.1. The second kappa shape index (κ2) is 15.2. The molecule has 122 valence electrons. The summed E-state index contributed by atoms with van der Waals surface area (Å²) in [6.07, 6.45) is 6.65. The maximum atomic E-state index is 5.53. The van der Waals surface area contributed by atoms with Gasteiger partial charge in [-0.2, -0.15) is 0 Å². The standard InChI is InChI=1S/C16H34O4/c1-5-17-15(18-6-2)13-11-9-10-12-14-16(19-7-3)20-8-4/h15-16H,5-14H2,1-4H3. The molecule has 0 aliphatic rings. The largest absolute Gasteiger partial charge is 0.353 e. The second-order valence-electron chi connectivity index (χ2n) is 4.67. The summed E-state index contributed by atoms with van der Waals surface area (Å²) in [5.74, 6) is 0. The normalized spacial score (nSPS) is 11.7. The van der Waals surface area contributed by atoms with Gasteiger partial charge >= 0.3 is 0 Å². The third-order valence-corrected chi connectivity index (χ3v) is 3.04. The molecule has 0 aromatic heterocycles. The molecular weight excluding hydrogens is 256 g/mol. The summed E-state index contributed by atoms with van der Waals surface area (Å²) < 4.78 is 22.1. The molecule has 0 fully saturated rings. The predicted octanol–water partition coefficient (Wildman–Crippen LogP) is 4.13. The highest BCUT2D eigenvalue weighted by molar-refractivity contribution is 4.51. The Morgan fingerprint density at radius 2 is 0.800 bits per heavy atom. The maximum absolute atomic E-state index is 5.53. The second-order valence-corrected chi connectivity index (χ2v) is 4.67. The smallest absolute Gasteiger partial charge is 0.157 e. The van der Waals surface area contributed by atoms with Crippen LogP contribution in [0.1, 0.15) is 66.2 Å². The van der Waals surface area contributed by atoms with Crippen LogP contribution >= 0.6 is 0 Å². The van der Waals surface area contributed by atoms with E-state index < -0.39 is 0 Å². The molecule has 0 atom stereocenters. The number of ether oxygens (including phenoxy) is 4. The van der Waals surface area contributed by atoms with Crippen LogP contribution in [0.5, 0.6) is 0 Å². The number of unbranched alkanes of at least 4 members (excludes halogenated alkanes) is 3. The molecule has 4 nitrogen and oxygen atoms in total. The summed E-state index contributed by atoms with van der Waals surface area (Å²) in [5, 5.41) is 0. The number of hydrogen-bond acceptors (Lipinski definition) is 4. The SMILES string of the molecule is CCOC(CCCCCCC(OCC)OCC)OCC. The van der Waals surface area contributed by atoms with Gasteiger partial charge < -0.3 is 18.9 Å². The average Bonchev–Trinajstić information content (AvgIpc) is 2.43. The van der Waals surface area contributed by atoms with E-state index in [1.807, 2.05) is 27.7 Å². The Morgan fingerprint density at radius 3 is 1.05 bits per heavy atom. The Bertz CT molecular complexity index is 155. The fourth-order valence-corrected chi connectivity index (χ4v) is 2.15. The highest BCUT2D eigenvalue weighted by Gasteiger charge is 2.09. The van der Waals surface area contributed by atoms with Crippen LogP contribution < -0.4 is 0 Å². The molecule has 0 radical (unpaired) electrons. The van der Waals surface area contributed by atoms with E-state index in [4.69, 9.17) is 18.9 Å². The van der Waals surface area contributed by atoms with Crippen molar-refractivity contribution in [2.75, 3.05) is 26.4 Å². The minimum atomic E-state index is -0.0235. The van der Waals surface area contributed by atoms with Crippen molar-refractivity contribution in [3.05, 3.63) is 0 Å². The molecule has 0 saturated heterocycles. The van der Waals surface area contributed by atoms with Gasteiger partial charge in [0.25, 0.3) is 0 Å². The zero-order valence-electron chi connectivity index (χ0n) is 13.9. The van der Waals surface area contributed by atoms with Crippen LogP contribution in [0.4, 0.5) is 0 Å². The minimum absolute atomic E-state index is 0.0235. The molecular formula is C16H34O4. The van der Waals surface area contributed by atoms with E-state index in [2.05, 4.69) is 0 Å². The van der Waals surface area contributed by atoms with Gasteiger partial charge in [0.1, 0.15) is 0 Å². The first-order valence-corrected chi connectivity index (χ1v) is 8.24. The monoisotopic (exact) mass is 290 g/mol. The minimum Gasteiger partial charge on any atom is -0.353 e. The van der Waals surface area contributed by atoms with Crippen molar-refractivity contribution >= 4 is 0 Å². The topological polar surface area (TPSA) is 36.9 Å². The summed E-state index contributed by atoms with van der Waals surface area (Å²) in [6.45, 7) is 10.9. The van der Waals surface area contributed by atoms with Crippen molar-refractivity contribution in [2.24, 2.45) is 0 Å². The lowest BCUT2D eigenvalue weighted by molar-refractivity contribution is -0.142. The average molecular weight is 290 g/mol. The summed E-state index contributed by atoms with van der Waals surface area (Å²) in [4.78, 5) is 0. The molecule has 0 aromatic rings. The van der Waals surface area contributed by atoms with Crippen LogP contribution in [0.15, 0.2) is 0 Å². The molecule has 0 saturated carbocycles. The molecule has 0 aliphatic carbocycles. The fraction of sp³-hybridized carbons (Fsp3) is 1.00. The van der Waals surface area contributed by atoms with Crippen LogP contribution in [0.3, 0.4) is 0 Å². The third-order valence-electron chi connectivity index (χ3n) is 3.04. The lowest BCUT2D eigenvalue weighted by Crippen LogP contribution is -2.17. The number of rotatable bonds is 15. The molecule has 0 heterocycles. The maximum Gasteiger partial charge on any atom is 0.157 e. The van der Waals surface area contributed by atoms with Gasteiger partial charge in [0.05, 0.1) is 0 Å². The van der Waals surface area contributed by atoms with Crippen molar-refractivity contribution in [3.63, 3.8) is 0 Å². The van der Waals surface area contributed by atoms with Gasteiger partial charge in [0, 0.05) is 26.4 Å². The Kier molecular flexibility index (Phi) is 15.1. The van der Waals surface area contributed by atoms with Gasteiger partial charge in [-0.15, -0.1) is 0 Å². The first-order chi connectivity index (χ1) is 9.78. The predicted molar refractivity (Wildman–Crippen MR) is 81.8 cm³/mol. The van der Waals surface area contributed by atoms with Crippen LogP contribution in [-0.2, 0) is 18.9 Å². The van der Waals surface area contributed by atoms with Gasteiger partial charge in [-0.25, -0.2) is 0 Å². The first-order valence-electron chi connectivity index (χ1n) is 8.24. The van der Waals surface area contributed by atoms with E-state index in [1.165, 1.54) is 12.8 Å². The molecule has 0 N–H and O–H groups in total. The highest BCUT2D eigenvalue weighted by atomic mass is 16.7. The van der Waals surface area contributed by atoms with Crippen molar-refractivity contribution in [1.29, 1.82) is 0 Å². The molecule has 0 bridgehead atoms. The fourth-order valence-electron chi connectivity index (χ4n) is 2.15. The summed E-state index contributed by atoms with van der Waals surface area (Å²) in [7, 11) is 0. The lowest BCUT2D eigenvalue weighted by Gasteiger charge is -2.17.